The SMILES string of the molecule is CC(=O)N[C@H]1CC=C(c2ccc(-c3nc4nc(Oc5ccc(C)c(C(=O)O)c5)[nH]c4cc3Cl)cc2)CC1. The lowest BCUT2D eigenvalue weighted by Gasteiger charge is -2.22. The first-order valence-corrected chi connectivity index (χ1v) is 12.3. The van der Waals surface area contributed by atoms with E-state index in [0.717, 1.165) is 30.4 Å². The molecule has 9 heteroatoms. The van der Waals surface area contributed by atoms with Crippen molar-refractivity contribution in [3.8, 4) is 23.0 Å². The molecule has 2 aromatic carbocycles. The number of carboxylic acid groups (broad SMARTS) is 1. The van der Waals surface area contributed by atoms with Gasteiger partial charge in [-0.15, -0.1) is 0 Å². The van der Waals surface area contributed by atoms with Crippen molar-refractivity contribution in [2.24, 2.45) is 0 Å². The molecule has 3 N–H and O–H groups in total. The average Bonchev–Trinajstić information content (AvgIpc) is 3.25. The Balaban J connectivity index is 1.36. The molecule has 0 unspecified atom stereocenters. The summed E-state index contributed by atoms with van der Waals surface area (Å²) >= 11 is 6.56. The quantitative estimate of drug-likeness (QED) is 0.283. The number of ether oxygens (including phenoxy) is 1. The Morgan fingerprint density at radius 1 is 1.11 bits per heavy atom. The van der Waals surface area contributed by atoms with Crippen molar-refractivity contribution in [2.45, 2.75) is 39.2 Å². The highest BCUT2D eigenvalue weighted by Gasteiger charge is 2.17. The molecule has 188 valence electrons. The van der Waals surface area contributed by atoms with E-state index in [9.17, 15) is 14.7 Å². The maximum atomic E-state index is 11.4. The number of imidazole rings is 1. The van der Waals surface area contributed by atoms with Gasteiger partial charge in [-0.1, -0.05) is 48.0 Å². The number of carboxylic acids is 1. The van der Waals surface area contributed by atoms with Crippen LogP contribution in [0, 0.1) is 6.92 Å². The summed E-state index contributed by atoms with van der Waals surface area (Å²) in [5.74, 6) is -0.666. The zero-order valence-electron chi connectivity index (χ0n) is 20.3. The largest absolute Gasteiger partial charge is 0.478 e. The lowest BCUT2D eigenvalue weighted by atomic mass is 9.90. The van der Waals surface area contributed by atoms with Gasteiger partial charge >= 0.3 is 12.0 Å². The highest BCUT2D eigenvalue weighted by atomic mass is 35.5. The normalized spacial score (nSPS) is 15.3. The van der Waals surface area contributed by atoms with Crippen LogP contribution in [0.3, 0.4) is 0 Å². The number of carbonyl (C=O) groups excluding carboxylic acids is 1. The van der Waals surface area contributed by atoms with E-state index in [1.807, 2.05) is 12.1 Å². The van der Waals surface area contributed by atoms with E-state index in [4.69, 9.17) is 16.3 Å². The first-order valence-electron chi connectivity index (χ1n) is 11.9. The summed E-state index contributed by atoms with van der Waals surface area (Å²) in [6.45, 7) is 3.27. The maximum absolute atomic E-state index is 11.4. The minimum absolute atomic E-state index is 0.00520. The van der Waals surface area contributed by atoms with Crippen LogP contribution in [-0.4, -0.2) is 38.0 Å². The molecule has 1 aliphatic rings. The topological polar surface area (TPSA) is 117 Å². The third-order valence-electron chi connectivity index (χ3n) is 6.41. The fourth-order valence-corrected chi connectivity index (χ4v) is 4.77. The molecule has 8 nitrogen and oxygen atoms in total. The van der Waals surface area contributed by atoms with Crippen molar-refractivity contribution < 1.29 is 19.4 Å². The second kappa shape index (κ2) is 10.1. The number of fused-ring (bicyclic) bond motifs is 1. The number of halogens is 1. The number of aromatic amines is 1. The molecule has 0 bridgehead atoms. The number of rotatable bonds is 6. The van der Waals surface area contributed by atoms with Crippen LogP contribution in [0.1, 0.15) is 47.7 Å². The molecule has 1 atom stereocenters. The Hall–Kier alpha value is -4.17. The maximum Gasteiger partial charge on any atom is 0.336 e. The average molecular weight is 517 g/mol. The number of pyridine rings is 1. The summed E-state index contributed by atoms with van der Waals surface area (Å²) in [6, 6.07) is 15.0. The standard InChI is InChI=1S/C28H25ClN4O4/c1-15-3-12-21(13-22(15)27(35)36)37-28-31-24-14-23(29)25(32-26(24)33-28)19-6-4-17(5-7-19)18-8-10-20(11-9-18)30-16(2)34/h3-8,12-14,20H,9-11H2,1-2H3,(H,30,34)(H,35,36)(H,31,32,33)/t20-/m0/s1. The molecule has 1 amide bonds. The Morgan fingerprint density at radius 2 is 1.86 bits per heavy atom. The summed E-state index contributed by atoms with van der Waals surface area (Å²) in [5.41, 5.74) is 5.70. The van der Waals surface area contributed by atoms with Crippen molar-refractivity contribution in [3.05, 3.63) is 76.3 Å². The number of nitrogens with one attached hydrogen (secondary N) is 2. The summed E-state index contributed by atoms with van der Waals surface area (Å²) in [7, 11) is 0. The van der Waals surface area contributed by atoms with E-state index in [1.165, 1.54) is 11.6 Å². The molecule has 5 rings (SSSR count). The van der Waals surface area contributed by atoms with E-state index in [1.54, 1.807) is 32.0 Å². The van der Waals surface area contributed by atoms with Crippen LogP contribution in [0.15, 0.2) is 54.6 Å². The number of carbonyl (C=O) groups is 2. The first-order chi connectivity index (χ1) is 17.8. The number of H-pyrrole nitrogens is 1. The molecule has 0 saturated heterocycles. The Kier molecular flexibility index (Phi) is 6.67. The van der Waals surface area contributed by atoms with E-state index >= 15 is 0 Å². The van der Waals surface area contributed by atoms with Gasteiger partial charge in [0.05, 0.1) is 21.8 Å². The minimum atomic E-state index is -1.02. The molecular formula is C28H25ClN4O4. The smallest absolute Gasteiger partial charge is 0.336 e. The number of aromatic carboxylic acids is 1. The number of aryl methyl sites for hydroxylation is 1. The molecule has 0 fully saturated rings. The van der Waals surface area contributed by atoms with Crippen LogP contribution in [-0.2, 0) is 4.79 Å². The number of benzene rings is 2. The van der Waals surface area contributed by atoms with E-state index in [-0.39, 0.29) is 23.5 Å². The molecule has 37 heavy (non-hydrogen) atoms. The molecule has 0 radical (unpaired) electrons. The zero-order chi connectivity index (χ0) is 26.1. The third kappa shape index (κ3) is 5.34. The number of hydrogen-bond acceptors (Lipinski definition) is 5. The molecule has 0 spiro atoms. The van der Waals surface area contributed by atoms with E-state index in [2.05, 4.69) is 38.5 Å². The van der Waals surface area contributed by atoms with Gasteiger partial charge in [-0.05, 0) is 61.1 Å². The molecule has 2 heterocycles. The Morgan fingerprint density at radius 3 is 2.54 bits per heavy atom. The molecule has 4 aromatic rings. The van der Waals surface area contributed by atoms with Gasteiger partial charge in [-0.2, -0.15) is 4.98 Å². The molecule has 0 aliphatic heterocycles. The van der Waals surface area contributed by atoms with Gasteiger partial charge in [0.2, 0.25) is 5.91 Å². The van der Waals surface area contributed by atoms with Crippen molar-refractivity contribution in [2.75, 3.05) is 0 Å². The van der Waals surface area contributed by atoms with Crippen LogP contribution >= 0.6 is 11.6 Å². The predicted octanol–water partition coefficient (Wildman–Crippen LogP) is 6.15. The van der Waals surface area contributed by atoms with Crippen molar-refractivity contribution in [1.82, 2.24) is 20.3 Å². The minimum Gasteiger partial charge on any atom is -0.478 e. The third-order valence-corrected chi connectivity index (χ3v) is 6.69. The first kappa shape index (κ1) is 24.5. The molecular weight excluding hydrogens is 492 g/mol. The van der Waals surface area contributed by atoms with Crippen LogP contribution in [0.4, 0.5) is 0 Å². The predicted molar refractivity (Wildman–Crippen MR) is 142 cm³/mol. The number of hydrogen-bond donors (Lipinski definition) is 3. The Labute approximate surface area is 218 Å². The lowest BCUT2D eigenvalue weighted by molar-refractivity contribution is -0.119. The van der Waals surface area contributed by atoms with Crippen LogP contribution in [0.25, 0.3) is 28.0 Å². The van der Waals surface area contributed by atoms with Gasteiger partial charge in [0.1, 0.15) is 5.75 Å². The molecule has 1 aliphatic carbocycles. The van der Waals surface area contributed by atoms with Crippen molar-refractivity contribution in [1.29, 1.82) is 0 Å². The van der Waals surface area contributed by atoms with Crippen molar-refractivity contribution in [3.63, 3.8) is 0 Å². The van der Waals surface area contributed by atoms with Gasteiger partial charge in [0.25, 0.3) is 0 Å². The highest BCUT2D eigenvalue weighted by Crippen LogP contribution is 2.33. The molecule has 0 saturated carbocycles. The lowest BCUT2D eigenvalue weighted by Crippen LogP contribution is -2.33. The Bertz CT molecular complexity index is 1540. The monoisotopic (exact) mass is 516 g/mol. The number of allylic oxidation sites excluding steroid dienone is 1. The summed E-state index contributed by atoms with van der Waals surface area (Å²) in [6.07, 6.45) is 4.83. The van der Waals surface area contributed by atoms with Gasteiger partial charge in [0.15, 0.2) is 5.65 Å². The van der Waals surface area contributed by atoms with Gasteiger partial charge in [-0.3, -0.25) is 4.79 Å². The number of nitrogens with zero attached hydrogens (tertiary/aromatic N) is 2. The highest BCUT2D eigenvalue weighted by molar-refractivity contribution is 6.33. The van der Waals surface area contributed by atoms with E-state index < -0.39 is 5.97 Å². The summed E-state index contributed by atoms with van der Waals surface area (Å²) in [4.78, 5) is 34.8. The van der Waals surface area contributed by atoms with Crippen molar-refractivity contribution >= 4 is 40.2 Å². The van der Waals surface area contributed by atoms with Crippen LogP contribution < -0.4 is 10.1 Å². The second-order valence-electron chi connectivity index (χ2n) is 9.09. The van der Waals surface area contributed by atoms with Gasteiger partial charge in [-0.25, -0.2) is 9.78 Å². The van der Waals surface area contributed by atoms with Gasteiger partial charge in [0, 0.05) is 18.5 Å². The molecule has 2 aromatic heterocycles. The fraction of sp³-hybridized carbons (Fsp3) is 0.214. The second-order valence-corrected chi connectivity index (χ2v) is 9.50. The number of aromatic nitrogens is 3. The zero-order valence-corrected chi connectivity index (χ0v) is 21.1. The summed E-state index contributed by atoms with van der Waals surface area (Å²) in [5, 5.41) is 12.8. The van der Waals surface area contributed by atoms with Gasteiger partial charge < -0.3 is 20.1 Å². The van der Waals surface area contributed by atoms with Crippen LogP contribution in [0.5, 0.6) is 11.8 Å². The van der Waals surface area contributed by atoms with Crippen LogP contribution in [0.2, 0.25) is 5.02 Å². The fourth-order valence-electron chi connectivity index (χ4n) is 4.51. The summed E-state index contributed by atoms with van der Waals surface area (Å²) < 4.78 is 5.76. The van der Waals surface area contributed by atoms with E-state index in [0.29, 0.717) is 33.2 Å². The number of amides is 1.